The molecule has 0 unspecified atom stereocenters. The number of aliphatic hydroxyl groups excluding tert-OH is 1. The molecule has 2 aliphatic rings. The molecule has 1 N–H and O–H groups in total. The average Bonchev–Trinajstić information content (AvgIpc) is 2.65. The van der Waals surface area contributed by atoms with Gasteiger partial charge in [-0.3, -0.25) is 0 Å². The molecule has 2 rings (SSSR count). The van der Waals surface area contributed by atoms with Crippen molar-refractivity contribution in [2.75, 3.05) is 32.8 Å². The molecule has 0 aromatic carbocycles. The molecule has 21 heavy (non-hydrogen) atoms. The van der Waals surface area contributed by atoms with Gasteiger partial charge in [-0.25, -0.2) is 9.59 Å². The van der Waals surface area contributed by atoms with Crippen LogP contribution >= 0.6 is 0 Å². The Bertz CT molecular complexity index is 410. The predicted molar refractivity (Wildman–Crippen MR) is 74.9 cm³/mol. The Labute approximate surface area is 124 Å². The maximum Gasteiger partial charge on any atom is 0.410 e. The van der Waals surface area contributed by atoms with Gasteiger partial charge in [0.2, 0.25) is 0 Å². The molecule has 2 aliphatic heterocycles. The Morgan fingerprint density at radius 2 is 2.00 bits per heavy atom. The van der Waals surface area contributed by atoms with E-state index in [4.69, 9.17) is 14.6 Å². The third-order valence-corrected chi connectivity index (χ3v) is 3.74. The van der Waals surface area contributed by atoms with Crippen molar-refractivity contribution in [3.8, 4) is 0 Å². The van der Waals surface area contributed by atoms with Gasteiger partial charge in [-0.15, -0.1) is 0 Å². The smallest absolute Gasteiger partial charge is 0.410 e. The average molecular weight is 300 g/mol. The number of carbonyl (C=O) groups is 2. The maximum absolute atomic E-state index is 12.0. The number of hydrogen-bond donors (Lipinski definition) is 1. The van der Waals surface area contributed by atoms with Gasteiger partial charge in [0.15, 0.2) is 0 Å². The first-order valence-corrected chi connectivity index (χ1v) is 7.31. The maximum atomic E-state index is 12.0. The predicted octanol–water partition coefficient (Wildman–Crippen LogP) is 1.20. The van der Waals surface area contributed by atoms with Crippen LogP contribution in [0.2, 0.25) is 0 Å². The fraction of sp³-hybridized carbons (Fsp3) is 0.857. The number of likely N-dealkylation sites (tertiary alicyclic amines) is 1. The minimum absolute atomic E-state index is 0.0742. The highest BCUT2D eigenvalue weighted by atomic mass is 16.6. The second-order valence-electron chi connectivity index (χ2n) is 6.66. The normalized spacial score (nSPS) is 21.6. The molecule has 0 aromatic rings. The SMILES string of the molecule is CC(C)(C)OC(=O)N1CCC2(CC1)CN(CCO)C(=O)O2. The van der Waals surface area contributed by atoms with Crippen molar-refractivity contribution in [3.05, 3.63) is 0 Å². The van der Waals surface area contributed by atoms with Crippen LogP contribution < -0.4 is 0 Å². The Kier molecular flexibility index (Phi) is 4.32. The molecule has 2 fully saturated rings. The summed E-state index contributed by atoms with van der Waals surface area (Å²) in [5.74, 6) is 0. The zero-order valence-corrected chi connectivity index (χ0v) is 12.9. The van der Waals surface area contributed by atoms with Gasteiger partial charge in [0.1, 0.15) is 11.2 Å². The minimum atomic E-state index is -0.523. The summed E-state index contributed by atoms with van der Waals surface area (Å²) < 4.78 is 10.8. The van der Waals surface area contributed by atoms with Crippen molar-refractivity contribution in [2.45, 2.75) is 44.8 Å². The van der Waals surface area contributed by atoms with Gasteiger partial charge < -0.3 is 24.4 Å². The number of aliphatic hydroxyl groups is 1. The Balaban J connectivity index is 1.89. The summed E-state index contributed by atoms with van der Waals surface area (Å²) in [6, 6.07) is 0. The Morgan fingerprint density at radius 3 is 2.52 bits per heavy atom. The van der Waals surface area contributed by atoms with E-state index in [0.717, 1.165) is 0 Å². The van der Waals surface area contributed by atoms with E-state index < -0.39 is 11.2 Å². The van der Waals surface area contributed by atoms with Crippen LogP contribution in [-0.2, 0) is 9.47 Å². The van der Waals surface area contributed by atoms with E-state index in [2.05, 4.69) is 0 Å². The summed E-state index contributed by atoms with van der Waals surface area (Å²) in [5.41, 5.74) is -1.03. The molecule has 7 heteroatoms. The van der Waals surface area contributed by atoms with Crippen LogP contribution in [0.4, 0.5) is 9.59 Å². The first-order chi connectivity index (χ1) is 9.75. The molecule has 0 bridgehead atoms. The number of piperidine rings is 1. The van der Waals surface area contributed by atoms with Gasteiger partial charge >= 0.3 is 12.2 Å². The highest BCUT2D eigenvalue weighted by Gasteiger charge is 2.47. The minimum Gasteiger partial charge on any atom is -0.444 e. The van der Waals surface area contributed by atoms with E-state index in [9.17, 15) is 9.59 Å². The van der Waals surface area contributed by atoms with Crippen LogP contribution in [0.25, 0.3) is 0 Å². The van der Waals surface area contributed by atoms with Gasteiger partial charge in [-0.05, 0) is 20.8 Å². The van der Waals surface area contributed by atoms with Gasteiger partial charge in [-0.2, -0.15) is 0 Å². The molecule has 0 aromatic heterocycles. The van der Waals surface area contributed by atoms with Crippen LogP contribution in [0.1, 0.15) is 33.6 Å². The lowest BCUT2D eigenvalue weighted by Gasteiger charge is -2.37. The van der Waals surface area contributed by atoms with Crippen molar-refractivity contribution in [1.29, 1.82) is 0 Å². The third-order valence-electron chi connectivity index (χ3n) is 3.74. The van der Waals surface area contributed by atoms with Gasteiger partial charge in [0.25, 0.3) is 0 Å². The van der Waals surface area contributed by atoms with Crippen molar-refractivity contribution in [1.82, 2.24) is 9.80 Å². The van der Waals surface area contributed by atoms with Crippen LogP contribution in [0.5, 0.6) is 0 Å². The van der Waals surface area contributed by atoms with Gasteiger partial charge in [0.05, 0.1) is 13.2 Å². The summed E-state index contributed by atoms with van der Waals surface area (Å²) in [7, 11) is 0. The monoisotopic (exact) mass is 300 g/mol. The second kappa shape index (κ2) is 5.71. The molecule has 0 atom stereocenters. The first-order valence-electron chi connectivity index (χ1n) is 7.31. The van der Waals surface area contributed by atoms with Crippen molar-refractivity contribution >= 4 is 12.2 Å². The molecular formula is C14H24N2O5. The van der Waals surface area contributed by atoms with Crippen LogP contribution in [-0.4, -0.2) is 71.1 Å². The topological polar surface area (TPSA) is 79.3 Å². The second-order valence-corrected chi connectivity index (χ2v) is 6.66. The zero-order valence-electron chi connectivity index (χ0n) is 12.9. The fourth-order valence-electron chi connectivity index (χ4n) is 2.67. The van der Waals surface area contributed by atoms with Crippen molar-refractivity contribution in [2.24, 2.45) is 0 Å². The summed E-state index contributed by atoms with van der Waals surface area (Å²) in [5, 5.41) is 8.94. The summed E-state index contributed by atoms with van der Waals surface area (Å²) in [4.78, 5) is 26.9. The fourth-order valence-corrected chi connectivity index (χ4v) is 2.67. The molecule has 120 valence electrons. The van der Waals surface area contributed by atoms with Crippen molar-refractivity contribution < 1.29 is 24.2 Å². The van der Waals surface area contributed by atoms with E-state index in [1.807, 2.05) is 20.8 Å². The molecule has 2 heterocycles. The molecule has 1 spiro atoms. The highest BCUT2D eigenvalue weighted by molar-refractivity contribution is 5.71. The quantitative estimate of drug-likeness (QED) is 0.829. The van der Waals surface area contributed by atoms with Crippen LogP contribution in [0.15, 0.2) is 0 Å². The zero-order chi connectivity index (χ0) is 15.7. The highest BCUT2D eigenvalue weighted by Crippen LogP contribution is 2.33. The summed E-state index contributed by atoms with van der Waals surface area (Å²) in [6.07, 6.45) is 0.489. The molecule has 0 saturated carbocycles. The molecule has 7 nitrogen and oxygen atoms in total. The van der Waals surface area contributed by atoms with E-state index in [-0.39, 0.29) is 25.3 Å². The molecular weight excluding hydrogens is 276 g/mol. The van der Waals surface area contributed by atoms with E-state index in [1.165, 1.54) is 4.90 Å². The lowest BCUT2D eigenvalue weighted by molar-refractivity contribution is -0.0170. The molecule has 2 amide bonds. The standard InChI is InChI=1S/C14H24N2O5/c1-13(2,3)20-11(18)15-6-4-14(5-7-15)10-16(8-9-17)12(19)21-14/h17H,4-10H2,1-3H3. The molecule has 0 aliphatic carbocycles. The number of carbonyl (C=O) groups excluding carboxylic acids is 2. The number of hydrogen-bond acceptors (Lipinski definition) is 5. The Hall–Kier alpha value is -1.50. The summed E-state index contributed by atoms with van der Waals surface area (Å²) >= 11 is 0. The number of rotatable bonds is 2. The largest absolute Gasteiger partial charge is 0.444 e. The number of nitrogens with zero attached hydrogens (tertiary/aromatic N) is 2. The molecule has 0 radical (unpaired) electrons. The van der Waals surface area contributed by atoms with E-state index in [1.54, 1.807) is 4.90 Å². The van der Waals surface area contributed by atoms with Gasteiger partial charge in [-0.1, -0.05) is 0 Å². The van der Waals surface area contributed by atoms with Gasteiger partial charge in [0, 0.05) is 32.5 Å². The summed E-state index contributed by atoms with van der Waals surface area (Å²) in [6.45, 7) is 7.22. The van der Waals surface area contributed by atoms with E-state index >= 15 is 0 Å². The third kappa shape index (κ3) is 3.78. The van der Waals surface area contributed by atoms with Crippen LogP contribution in [0.3, 0.4) is 0 Å². The number of ether oxygens (including phenoxy) is 2. The number of amides is 2. The lowest BCUT2D eigenvalue weighted by Crippen LogP contribution is -2.49. The van der Waals surface area contributed by atoms with Crippen molar-refractivity contribution in [3.63, 3.8) is 0 Å². The van der Waals surface area contributed by atoms with E-state index in [0.29, 0.717) is 32.5 Å². The Morgan fingerprint density at radius 1 is 1.38 bits per heavy atom. The van der Waals surface area contributed by atoms with Crippen LogP contribution in [0, 0.1) is 0 Å². The lowest BCUT2D eigenvalue weighted by atomic mass is 9.91. The number of β-amino-alcohol motifs (C(OH)–C–C–N with tert-alkyl or cyclic N) is 1. The first kappa shape index (κ1) is 15.9. The molecule has 2 saturated heterocycles.